The minimum atomic E-state index is 0.179. The smallest absolute Gasteiger partial charge is 0.191 e. The van der Waals surface area contributed by atoms with Crippen molar-refractivity contribution in [3.63, 3.8) is 0 Å². The summed E-state index contributed by atoms with van der Waals surface area (Å²) in [5.41, 5.74) is 0.179. The van der Waals surface area contributed by atoms with Crippen molar-refractivity contribution in [2.45, 2.75) is 104 Å². The Balaban J connectivity index is 1.50. The maximum atomic E-state index is 6.15. The van der Waals surface area contributed by atoms with Crippen molar-refractivity contribution in [3.05, 3.63) is 0 Å². The summed E-state index contributed by atoms with van der Waals surface area (Å²) in [6, 6.07) is 1.40. The fourth-order valence-electron chi connectivity index (χ4n) is 5.56. The molecule has 2 aliphatic heterocycles. The van der Waals surface area contributed by atoms with E-state index in [1.807, 2.05) is 0 Å². The highest BCUT2D eigenvalue weighted by Crippen LogP contribution is 2.34. The van der Waals surface area contributed by atoms with Crippen LogP contribution >= 0.6 is 0 Å². The summed E-state index contributed by atoms with van der Waals surface area (Å²) < 4.78 is 6.15. The number of rotatable bonds is 5. The van der Waals surface area contributed by atoms with Gasteiger partial charge in [-0.15, -0.1) is 0 Å². The zero-order valence-electron chi connectivity index (χ0n) is 19.5. The number of aliphatic imine (C=N–C) groups is 1. The van der Waals surface area contributed by atoms with Crippen LogP contribution in [0.4, 0.5) is 0 Å². The molecule has 0 radical (unpaired) electrons. The first kappa shape index (κ1) is 22.9. The Morgan fingerprint density at radius 2 is 1.72 bits per heavy atom. The lowest BCUT2D eigenvalue weighted by Crippen LogP contribution is -2.51. The summed E-state index contributed by atoms with van der Waals surface area (Å²) in [7, 11) is 0. The largest absolute Gasteiger partial charge is 0.377 e. The molecule has 2 atom stereocenters. The predicted octanol–water partition coefficient (Wildman–Crippen LogP) is 4.18. The molecule has 29 heavy (non-hydrogen) atoms. The summed E-state index contributed by atoms with van der Waals surface area (Å²) >= 11 is 0. The molecule has 1 aliphatic carbocycles. The van der Waals surface area contributed by atoms with Gasteiger partial charge in [0.2, 0.25) is 0 Å². The topological polar surface area (TPSA) is 48.9 Å². The van der Waals surface area contributed by atoms with E-state index in [0.717, 1.165) is 38.1 Å². The van der Waals surface area contributed by atoms with Gasteiger partial charge in [0.15, 0.2) is 5.96 Å². The lowest BCUT2D eigenvalue weighted by atomic mass is 9.78. The maximum Gasteiger partial charge on any atom is 0.191 e. The van der Waals surface area contributed by atoms with Crippen LogP contribution < -0.4 is 10.6 Å². The molecule has 2 N–H and O–H groups in total. The molecule has 3 aliphatic rings. The van der Waals surface area contributed by atoms with Crippen LogP contribution in [0.25, 0.3) is 0 Å². The minimum Gasteiger partial charge on any atom is -0.377 e. The third-order valence-corrected chi connectivity index (χ3v) is 7.09. The molecule has 2 heterocycles. The van der Waals surface area contributed by atoms with Crippen LogP contribution in [0.3, 0.4) is 0 Å². The van der Waals surface area contributed by atoms with Gasteiger partial charge in [0.1, 0.15) is 0 Å². The molecule has 0 bridgehead atoms. The summed E-state index contributed by atoms with van der Waals surface area (Å²) in [4.78, 5) is 7.76. The van der Waals surface area contributed by atoms with E-state index in [0.29, 0.717) is 18.1 Å². The van der Waals surface area contributed by atoms with Crippen molar-refractivity contribution in [1.29, 1.82) is 0 Å². The molecule has 1 saturated carbocycles. The average molecular weight is 407 g/mol. The van der Waals surface area contributed by atoms with Crippen LogP contribution in [-0.4, -0.2) is 61.8 Å². The van der Waals surface area contributed by atoms with Gasteiger partial charge in [-0.05, 0) is 50.9 Å². The van der Waals surface area contributed by atoms with Crippen molar-refractivity contribution in [2.75, 3.05) is 32.8 Å². The second-order valence-electron chi connectivity index (χ2n) is 10.5. The highest BCUT2D eigenvalue weighted by molar-refractivity contribution is 5.80. The van der Waals surface area contributed by atoms with Gasteiger partial charge in [-0.1, -0.05) is 40.0 Å². The van der Waals surface area contributed by atoms with E-state index in [1.165, 1.54) is 64.5 Å². The van der Waals surface area contributed by atoms with Gasteiger partial charge in [0.05, 0.1) is 6.10 Å². The summed E-state index contributed by atoms with van der Waals surface area (Å²) in [5, 5.41) is 7.23. The first-order valence-corrected chi connectivity index (χ1v) is 12.4. The normalized spacial score (nSPS) is 29.0. The predicted molar refractivity (Wildman–Crippen MR) is 123 cm³/mol. The van der Waals surface area contributed by atoms with Gasteiger partial charge in [-0.2, -0.15) is 0 Å². The summed E-state index contributed by atoms with van der Waals surface area (Å²) in [5.74, 6) is 1.52. The number of likely N-dealkylation sites (tertiary alicyclic amines) is 1. The quantitative estimate of drug-likeness (QED) is 0.531. The zero-order chi connectivity index (χ0) is 20.7. The Morgan fingerprint density at radius 3 is 2.38 bits per heavy atom. The van der Waals surface area contributed by atoms with Crippen molar-refractivity contribution in [2.24, 2.45) is 16.3 Å². The molecule has 168 valence electrons. The molecule has 5 nitrogen and oxygen atoms in total. The third kappa shape index (κ3) is 6.85. The maximum absolute atomic E-state index is 6.15. The number of guanidine groups is 1. The number of nitrogens with one attached hydrogen (secondary N) is 2. The van der Waals surface area contributed by atoms with Crippen molar-refractivity contribution < 1.29 is 4.74 Å². The zero-order valence-corrected chi connectivity index (χ0v) is 19.5. The fourth-order valence-corrected chi connectivity index (χ4v) is 5.56. The van der Waals surface area contributed by atoms with Crippen LogP contribution in [0.1, 0.15) is 85.5 Å². The minimum absolute atomic E-state index is 0.179. The molecule has 3 fully saturated rings. The molecule has 3 rings (SSSR count). The van der Waals surface area contributed by atoms with Crippen LogP contribution in [-0.2, 0) is 4.74 Å². The number of hydrogen-bond acceptors (Lipinski definition) is 3. The van der Waals surface area contributed by atoms with Crippen LogP contribution in [0, 0.1) is 11.3 Å². The number of hydrogen-bond donors (Lipinski definition) is 2. The van der Waals surface area contributed by atoms with E-state index in [1.54, 1.807) is 0 Å². The number of nitrogens with zero attached hydrogens (tertiary/aromatic N) is 2. The van der Waals surface area contributed by atoms with Gasteiger partial charge < -0.3 is 20.3 Å². The highest BCUT2D eigenvalue weighted by atomic mass is 16.5. The van der Waals surface area contributed by atoms with E-state index in [-0.39, 0.29) is 5.41 Å². The van der Waals surface area contributed by atoms with Crippen LogP contribution in [0.2, 0.25) is 0 Å². The van der Waals surface area contributed by atoms with Crippen molar-refractivity contribution >= 4 is 5.96 Å². The molecular weight excluding hydrogens is 360 g/mol. The SMILES string of the molecule is CCNC(=NCC1CCCOC1C(C)(C)C)NC1CCN(C2CCCCC2)CC1. The van der Waals surface area contributed by atoms with E-state index >= 15 is 0 Å². The molecule has 2 saturated heterocycles. The number of ether oxygens (including phenoxy) is 1. The molecule has 0 aromatic rings. The van der Waals surface area contributed by atoms with Crippen molar-refractivity contribution in [1.82, 2.24) is 15.5 Å². The van der Waals surface area contributed by atoms with Crippen LogP contribution in [0.5, 0.6) is 0 Å². The monoisotopic (exact) mass is 406 g/mol. The van der Waals surface area contributed by atoms with E-state index in [2.05, 4.69) is 43.2 Å². The second kappa shape index (κ2) is 11.0. The van der Waals surface area contributed by atoms with Crippen molar-refractivity contribution in [3.8, 4) is 0 Å². The van der Waals surface area contributed by atoms with E-state index in [4.69, 9.17) is 9.73 Å². The molecule has 0 aromatic heterocycles. The Hall–Kier alpha value is -0.810. The first-order valence-electron chi connectivity index (χ1n) is 12.4. The van der Waals surface area contributed by atoms with Gasteiger partial charge >= 0.3 is 0 Å². The number of piperidine rings is 1. The Kier molecular flexibility index (Phi) is 8.67. The Labute approximate surface area is 179 Å². The van der Waals surface area contributed by atoms with Gasteiger partial charge in [0, 0.05) is 50.8 Å². The average Bonchev–Trinajstić information content (AvgIpc) is 2.73. The first-order chi connectivity index (χ1) is 14.0. The molecular formula is C24H46N4O. The van der Waals surface area contributed by atoms with Gasteiger partial charge in [0.25, 0.3) is 0 Å². The molecule has 2 unspecified atom stereocenters. The highest BCUT2D eigenvalue weighted by Gasteiger charge is 2.35. The van der Waals surface area contributed by atoms with Gasteiger partial charge in [-0.3, -0.25) is 4.99 Å². The second-order valence-corrected chi connectivity index (χ2v) is 10.5. The molecule has 0 aromatic carbocycles. The summed E-state index contributed by atoms with van der Waals surface area (Å²) in [6.07, 6.45) is 12.3. The standard InChI is InChI=1S/C24H46N4O/c1-5-25-23(26-18-19-10-9-17-29-22(19)24(2,3)4)27-20-13-15-28(16-14-20)21-11-7-6-8-12-21/h19-22H,5-18H2,1-4H3,(H2,25,26,27). The Bertz CT molecular complexity index is 502. The Morgan fingerprint density at radius 1 is 1.00 bits per heavy atom. The molecule has 0 spiro atoms. The fraction of sp³-hybridized carbons (Fsp3) is 0.958. The lowest BCUT2D eigenvalue weighted by Gasteiger charge is -2.40. The van der Waals surface area contributed by atoms with Gasteiger partial charge in [-0.25, -0.2) is 0 Å². The molecule has 0 amide bonds. The van der Waals surface area contributed by atoms with Crippen LogP contribution in [0.15, 0.2) is 4.99 Å². The third-order valence-electron chi connectivity index (χ3n) is 7.09. The summed E-state index contributed by atoms with van der Waals surface area (Å²) in [6.45, 7) is 14.2. The van der Waals surface area contributed by atoms with E-state index < -0.39 is 0 Å². The lowest BCUT2D eigenvalue weighted by molar-refractivity contribution is -0.0823. The van der Waals surface area contributed by atoms with E-state index in [9.17, 15) is 0 Å². The molecule has 5 heteroatoms.